The number of carbonyl (C=O) groups is 1. The number of fused-ring (bicyclic) bond motifs is 1. The Morgan fingerprint density at radius 2 is 2.24 bits per heavy atom. The van der Waals surface area contributed by atoms with Crippen LogP contribution in [0.1, 0.15) is 30.4 Å². The third-order valence-corrected chi connectivity index (χ3v) is 2.83. The number of hydrogen-bond donors (Lipinski definition) is 1. The lowest BCUT2D eigenvalue weighted by atomic mass is 9.90. The fourth-order valence-electron chi connectivity index (χ4n) is 2.02. The Morgan fingerprint density at radius 3 is 3.06 bits per heavy atom. The van der Waals surface area contributed by atoms with Gasteiger partial charge >= 0.3 is 0 Å². The molecule has 1 aromatic rings. The Bertz CT molecular complexity index is 463. The second-order valence-electron chi connectivity index (χ2n) is 4.10. The summed E-state index contributed by atoms with van der Waals surface area (Å²) in [6, 6.07) is 8.23. The predicted molar refractivity (Wildman–Crippen MR) is 68.9 cm³/mol. The molecule has 1 aromatic carbocycles. The number of amides is 1. The molecular formula is C14H16N2O. The lowest BCUT2D eigenvalue weighted by Gasteiger charge is -2.17. The van der Waals surface area contributed by atoms with Gasteiger partial charge in [-0.1, -0.05) is 30.3 Å². The van der Waals surface area contributed by atoms with Crippen molar-refractivity contribution < 1.29 is 4.79 Å². The maximum Gasteiger partial charge on any atom is 0.243 e. The largest absolute Gasteiger partial charge is 0.273 e. The third-order valence-electron chi connectivity index (χ3n) is 2.83. The number of benzene rings is 1. The molecule has 0 fully saturated rings. The van der Waals surface area contributed by atoms with Gasteiger partial charge in [-0.15, -0.1) is 6.58 Å². The minimum absolute atomic E-state index is 0.115. The fourth-order valence-corrected chi connectivity index (χ4v) is 2.02. The summed E-state index contributed by atoms with van der Waals surface area (Å²) >= 11 is 0. The van der Waals surface area contributed by atoms with Crippen molar-refractivity contribution in [3.63, 3.8) is 0 Å². The number of nitrogens with zero attached hydrogens (tertiary/aromatic N) is 1. The van der Waals surface area contributed by atoms with Crippen molar-refractivity contribution in [3.05, 3.63) is 48.0 Å². The molecule has 0 bridgehead atoms. The molecule has 0 saturated carbocycles. The molecule has 0 aliphatic heterocycles. The van der Waals surface area contributed by atoms with Gasteiger partial charge in [-0.05, 0) is 24.8 Å². The zero-order valence-electron chi connectivity index (χ0n) is 9.78. The Morgan fingerprint density at radius 1 is 1.41 bits per heavy atom. The topological polar surface area (TPSA) is 41.5 Å². The van der Waals surface area contributed by atoms with E-state index in [9.17, 15) is 4.79 Å². The van der Waals surface area contributed by atoms with Crippen LogP contribution in [0.25, 0.3) is 0 Å². The zero-order valence-corrected chi connectivity index (χ0v) is 9.78. The van der Waals surface area contributed by atoms with Crippen LogP contribution in [0.3, 0.4) is 0 Å². The van der Waals surface area contributed by atoms with E-state index in [4.69, 9.17) is 0 Å². The normalized spacial score (nSPS) is 16.4. The van der Waals surface area contributed by atoms with Gasteiger partial charge in [-0.3, -0.25) is 4.79 Å². The maximum absolute atomic E-state index is 11.3. The molecule has 0 heterocycles. The summed E-state index contributed by atoms with van der Waals surface area (Å²) in [5, 5.41) is 4.21. The molecule has 3 heteroatoms. The van der Waals surface area contributed by atoms with E-state index in [1.165, 1.54) is 5.56 Å². The monoisotopic (exact) mass is 228 g/mol. The van der Waals surface area contributed by atoms with E-state index in [-0.39, 0.29) is 5.91 Å². The minimum Gasteiger partial charge on any atom is -0.273 e. The first-order valence-corrected chi connectivity index (χ1v) is 5.86. The van der Waals surface area contributed by atoms with E-state index < -0.39 is 0 Å². The number of aryl methyl sites for hydroxylation is 1. The van der Waals surface area contributed by atoms with Crippen molar-refractivity contribution in [2.45, 2.75) is 25.7 Å². The summed E-state index contributed by atoms with van der Waals surface area (Å²) in [7, 11) is 0. The molecule has 88 valence electrons. The predicted octanol–water partition coefficient (Wildman–Crippen LogP) is 2.42. The van der Waals surface area contributed by atoms with Crippen LogP contribution in [0.15, 0.2) is 42.0 Å². The summed E-state index contributed by atoms with van der Waals surface area (Å²) in [6.07, 6.45) is 4.98. The molecular weight excluding hydrogens is 212 g/mol. The second kappa shape index (κ2) is 5.43. The number of hydrazone groups is 1. The minimum atomic E-state index is -0.115. The highest BCUT2D eigenvalue weighted by atomic mass is 16.2. The zero-order chi connectivity index (χ0) is 12.1. The summed E-state index contributed by atoms with van der Waals surface area (Å²) in [6.45, 7) is 3.52. The average molecular weight is 228 g/mol. The summed E-state index contributed by atoms with van der Waals surface area (Å²) in [4.78, 5) is 11.3. The first-order valence-electron chi connectivity index (χ1n) is 5.86. The van der Waals surface area contributed by atoms with Gasteiger partial charge in [0, 0.05) is 12.0 Å². The number of carbonyl (C=O) groups excluding carboxylic acids is 1. The van der Waals surface area contributed by atoms with Crippen LogP contribution >= 0.6 is 0 Å². The number of rotatable bonds is 3. The van der Waals surface area contributed by atoms with Gasteiger partial charge < -0.3 is 0 Å². The van der Waals surface area contributed by atoms with Crippen LogP contribution in [0, 0.1) is 0 Å². The van der Waals surface area contributed by atoms with E-state index >= 15 is 0 Å². The van der Waals surface area contributed by atoms with Crippen LogP contribution in [-0.4, -0.2) is 11.6 Å². The van der Waals surface area contributed by atoms with E-state index in [0.717, 1.165) is 30.5 Å². The number of nitrogens with one attached hydrogen (secondary N) is 1. The molecule has 1 aliphatic carbocycles. The van der Waals surface area contributed by atoms with Crippen LogP contribution in [0.4, 0.5) is 0 Å². The quantitative estimate of drug-likeness (QED) is 0.626. The van der Waals surface area contributed by atoms with E-state index in [2.05, 4.69) is 29.2 Å². The Labute approximate surface area is 101 Å². The van der Waals surface area contributed by atoms with Gasteiger partial charge in [-0.25, -0.2) is 5.43 Å². The van der Waals surface area contributed by atoms with Crippen molar-refractivity contribution >= 4 is 11.6 Å². The van der Waals surface area contributed by atoms with Crippen molar-refractivity contribution in [2.75, 3.05) is 0 Å². The Balaban J connectivity index is 2.15. The molecule has 0 radical (unpaired) electrons. The van der Waals surface area contributed by atoms with E-state index in [1.807, 2.05) is 12.1 Å². The van der Waals surface area contributed by atoms with Gasteiger partial charge in [0.2, 0.25) is 5.91 Å². The molecule has 1 amide bonds. The average Bonchev–Trinajstić information content (AvgIpc) is 2.36. The Kier molecular flexibility index (Phi) is 3.70. The van der Waals surface area contributed by atoms with E-state index in [0.29, 0.717) is 6.42 Å². The molecule has 0 spiro atoms. The van der Waals surface area contributed by atoms with Crippen LogP contribution < -0.4 is 5.43 Å². The molecule has 0 saturated heterocycles. The third kappa shape index (κ3) is 2.81. The summed E-state index contributed by atoms with van der Waals surface area (Å²) in [5.41, 5.74) is 6.03. The smallest absolute Gasteiger partial charge is 0.243 e. The van der Waals surface area contributed by atoms with Crippen LogP contribution in [0.2, 0.25) is 0 Å². The first kappa shape index (κ1) is 11.6. The van der Waals surface area contributed by atoms with Crippen LogP contribution in [-0.2, 0) is 11.2 Å². The molecule has 0 aromatic heterocycles. The molecule has 0 atom stereocenters. The molecule has 1 N–H and O–H groups in total. The van der Waals surface area contributed by atoms with Crippen molar-refractivity contribution in [2.24, 2.45) is 5.10 Å². The summed E-state index contributed by atoms with van der Waals surface area (Å²) in [5.74, 6) is -0.115. The lowest BCUT2D eigenvalue weighted by Crippen LogP contribution is -2.21. The maximum atomic E-state index is 11.3. The Hall–Kier alpha value is -1.90. The molecule has 17 heavy (non-hydrogen) atoms. The van der Waals surface area contributed by atoms with Crippen LogP contribution in [0.5, 0.6) is 0 Å². The summed E-state index contributed by atoms with van der Waals surface area (Å²) < 4.78 is 0. The highest BCUT2D eigenvalue weighted by Crippen LogP contribution is 2.20. The molecule has 3 nitrogen and oxygen atoms in total. The van der Waals surface area contributed by atoms with E-state index in [1.54, 1.807) is 6.08 Å². The SMILES string of the molecule is C=CCC(=O)N/N=C1/CCCc2ccccc21. The van der Waals surface area contributed by atoms with Crippen molar-refractivity contribution in [1.82, 2.24) is 5.43 Å². The van der Waals surface area contributed by atoms with Gasteiger partial charge in [0.25, 0.3) is 0 Å². The van der Waals surface area contributed by atoms with Gasteiger partial charge in [-0.2, -0.15) is 5.10 Å². The second-order valence-corrected chi connectivity index (χ2v) is 4.10. The van der Waals surface area contributed by atoms with Gasteiger partial charge in [0.05, 0.1) is 5.71 Å². The highest BCUT2D eigenvalue weighted by Gasteiger charge is 2.14. The highest BCUT2D eigenvalue weighted by molar-refractivity contribution is 6.03. The van der Waals surface area contributed by atoms with Gasteiger partial charge in [0.1, 0.15) is 0 Å². The standard InChI is InChI=1S/C14H16N2O/c1-2-6-14(17)16-15-13-10-5-8-11-7-3-4-9-12(11)13/h2-4,7,9H,1,5-6,8,10H2,(H,16,17)/b15-13-. The van der Waals surface area contributed by atoms with Crippen molar-refractivity contribution in [1.29, 1.82) is 0 Å². The molecule has 0 unspecified atom stereocenters. The first-order chi connectivity index (χ1) is 8.31. The van der Waals surface area contributed by atoms with Gasteiger partial charge in [0.15, 0.2) is 0 Å². The van der Waals surface area contributed by atoms with Crippen molar-refractivity contribution in [3.8, 4) is 0 Å². The lowest BCUT2D eigenvalue weighted by molar-refractivity contribution is -0.120. The molecule has 1 aliphatic rings. The fraction of sp³-hybridized carbons (Fsp3) is 0.286. The number of hydrogen-bond acceptors (Lipinski definition) is 2. The molecule has 2 rings (SSSR count).